The molecule has 0 bridgehead atoms. The molecule has 0 saturated carbocycles. The van der Waals surface area contributed by atoms with Crippen molar-refractivity contribution < 1.29 is 4.74 Å². The van der Waals surface area contributed by atoms with Gasteiger partial charge in [0.25, 0.3) is 0 Å². The zero-order valence-corrected chi connectivity index (χ0v) is 9.55. The van der Waals surface area contributed by atoms with Gasteiger partial charge in [-0.3, -0.25) is 0 Å². The van der Waals surface area contributed by atoms with E-state index in [4.69, 9.17) is 10.5 Å². The average molecular weight is 227 g/mol. The van der Waals surface area contributed by atoms with Crippen molar-refractivity contribution >= 4 is 16.5 Å². The number of thiazole rings is 1. The Kier molecular flexibility index (Phi) is 3.94. The van der Waals surface area contributed by atoms with Crippen molar-refractivity contribution in [3.05, 3.63) is 11.1 Å². The van der Waals surface area contributed by atoms with Crippen LogP contribution in [0.4, 0.5) is 5.13 Å². The van der Waals surface area contributed by atoms with Crippen LogP contribution in [-0.4, -0.2) is 24.2 Å². The second-order valence-corrected chi connectivity index (χ2v) is 4.93. The lowest BCUT2D eigenvalue weighted by Gasteiger charge is -2.22. The standard InChI is InChI=1S/C10H17N3OS/c11-10-13-7-9(15-10)6-12-5-8-3-1-2-4-14-8/h7-8,12H,1-6H2,(H2,11,13). The quantitative estimate of drug-likeness (QED) is 0.816. The molecule has 2 rings (SSSR count). The highest BCUT2D eigenvalue weighted by Gasteiger charge is 2.12. The summed E-state index contributed by atoms with van der Waals surface area (Å²) >= 11 is 1.54. The molecule has 84 valence electrons. The summed E-state index contributed by atoms with van der Waals surface area (Å²) in [5, 5.41) is 4.01. The van der Waals surface area contributed by atoms with E-state index in [1.807, 2.05) is 6.20 Å². The van der Waals surface area contributed by atoms with Crippen molar-refractivity contribution in [3.8, 4) is 0 Å². The fraction of sp³-hybridized carbons (Fsp3) is 0.700. The number of rotatable bonds is 4. The van der Waals surface area contributed by atoms with Gasteiger partial charge in [0.15, 0.2) is 5.13 Å². The Morgan fingerprint density at radius 2 is 2.53 bits per heavy atom. The molecule has 2 heterocycles. The van der Waals surface area contributed by atoms with Crippen molar-refractivity contribution in [1.29, 1.82) is 0 Å². The van der Waals surface area contributed by atoms with E-state index in [0.717, 1.165) is 19.7 Å². The van der Waals surface area contributed by atoms with E-state index in [9.17, 15) is 0 Å². The second kappa shape index (κ2) is 5.44. The fourth-order valence-electron chi connectivity index (χ4n) is 1.73. The minimum absolute atomic E-state index is 0.393. The van der Waals surface area contributed by atoms with Gasteiger partial charge in [-0.15, -0.1) is 11.3 Å². The Bertz CT molecular complexity index is 297. The number of hydrogen-bond donors (Lipinski definition) is 2. The van der Waals surface area contributed by atoms with Crippen LogP contribution in [0.15, 0.2) is 6.20 Å². The van der Waals surface area contributed by atoms with Gasteiger partial charge in [-0.1, -0.05) is 0 Å². The first kappa shape index (κ1) is 10.9. The smallest absolute Gasteiger partial charge is 0.180 e. The van der Waals surface area contributed by atoms with Crippen molar-refractivity contribution in [2.45, 2.75) is 31.9 Å². The summed E-state index contributed by atoms with van der Waals surface area (Å²) in [5.74, 6) is 0. The topological polar surface area (TPSA) is 60.2 Å². The molecule has 15 heavy (non-hydrogen) atoms. The Balaban J connectivity index is 1.65. The molecule has 1 fully saturated rings. The van der Waals surface area contributed by atoms with Gasteiger partial charge in [0.05, 0.1) is 6.10 Å². The molecule has 0 aromatic carbocycles. The van der Waals surface area contributed by atoms with Crippen molar-refractivity contribution in [2.75, 3.05) is 18.9 Å². The first-order valence-corrected chi connectivity index (χ1v) is 6.19. The molecular formula is C10H17N3OS. The maximum absolute atomic E-state index is 5.62. The van der Waals surface area contributed by atoms with E-state index >= 15 is 0 Å². The summed E-state index contributed by atoms with van der Waals surface area (Å²) < 4.78 is 5.62. The monoisotopic (exact) mass is 227 g/mol. The molecule has 4 nitrogen and oxygen atoms in total. The minimum Gasteiger partial charge on any atom is -0.377 e. The molecule has 1 atom stereocenters. The number of nitrogens with one attached hydrogen (secondary N) is 1. The Morgan fingerprint density at radius 3 is 3.20 bits per heavy atom. The molecule has 0 amide bonds. The van der Waals surface area contributed by atoms with Gasteiger partial charge in [-0.05, 0) is 19.3 Å². The van der Waals surface area contributed by atoms with Crippen LogP contribution in [-0.2, 0) is 11.3 Å². The Morgan fingerprint density at radius 1 is 1.60 bits per heavy atom. The van der Waals surface area contributed by atoms with E-state index < -0.39 is 0 Å². The Labute approximate surface area is 93.8 Å². The first-order valence-electron chi connectivity index (χ1n) is 5.37. The third kappa shape index (κ3) is 3.44. The molecule has 1 aromatic rings. The number of anilines is 1. The predicted octanol–water partition coefficient (Wildman–Crippen LogP) is 1.38. The molecule has 0 radical (unpaired) electrons. The summed E-state index contributed by atoms with van der Waals surface area (Å²) in [6.07, 6.45) is 5.90. The van der Waals surface area contributed by atoms with Gasteiger partial charge < -0.3 is 15.8 Å². The van der Waals surface area contributed by atoms with Crippen molar-refractivity contribution in [3.63, 3.8) is 0 Å². The SMILES string of the molecule is Nc1ncc(CNCC2CCCCO2)s1. The maximum Gasteiger partial charge on any atom is 0.180 e. The van der Waals surface area contributed by atoms with E-state index in [2.05, 4.69) is 10.3 Å². The van der Waals surface area contributed by atoms with Gasteiger partial charge in [0.1, 0.15) is 0 Å². The van der Waals surface area contributed by atoms with Crippen molar-refractivity contribution in [1.82, 2.24) is 10.3 Å². The number of nitrogens with two attached hydrogens (primary N) is 1. The van der Waals surface area contributed by atoms with Gasteiger partial charge >= 0.3 is 0 Å². The lowest BCUT2D eigenvalue weighted by molar-refractivity contribution is 0.0168. The highest BCUT2D eigenvalue weighted by Crippen LogP contribution is 2.15. The maximum atomic E-state index is 5.62. The molecule has 0 spiro atoms. The highest BCUT2D eigenvalue weighted by atomic mass is 32.1. The Hall–Kier alpha value is -0.650. The summed E-state index contributed by atoms with van der Waals surface area (Å²) in [4.78, 5) is 5.19. The lowest BCUT2D eigenvalue weighted by Crippen LogP contribution is -2.31. The van der Waals surface area contributed by atoms with Gasteiger partial charge in [0, 0.05) is 30.8 Å². The summed E-state index contributed by atoms with van der Waals surface area (Å²) in [6, 6.07) is 0. The van der Waals surface area contributed by atoms with Crippen LogP contribution < -0.4 is 11.1 Å². The number of nitrogen functional groups attached to an aromatic ring is 1. The van der Waals surface area contributed by atoms with E-state index in [0.29, 0.717) is 11.2 Å². The zero-order valence-electron chi connectivity index (χ0n) is 8.74. The number of hydrogen-bond acceptors (Lipinski definition) is 5. The number of nitrogens with zero attached hydrogens (tertiary/aromatic N) is 1. The minimum atomic E-state index is 0.393. The predicted molar refractivity (Wildman–Crippen MR) is 61.8 cm³/mol. The van der Waals surface area contributed by atoms with Crippen LogP contribution in [0, 0.1) is 0 Å². The molecule has 1 aliphatic heterocycles. The summed E-state index contributed by atoms with van der Waals surface area (Å²) in [5.41, 5.74) is 5.55. The van der Waals surface area contributed by atoms with Gasteiger partial charge in [0.2, 0.25) is 0 Å². The fourth-order valence-corrected chi connectivity index (χ4v) is 2.38. The molecule has 3 N–H and O–H groups in total. The molecule has 1 saturated heterocycles. The van der Waals surface area contributed by atoms with Crippen LogP contribution in [0.25, 0.3) is 0 Å². The van der Waals surface area contributed by atoms with Gasteiger partial charge in [-0.25, -0.2) is 4.98 Å². The molecule has 1 aliphatic rings. The third-order valence-corrected chi connectivity index (χ3v) is 3.34. The number of ether oxygens (including phenoxy) is 1. The van der Waals surface area contributed by atoms with Crippen LogP contribution >= 0.6 is 11.3 Å². The third-order valence-electron chi connectivity index (χ3n) is 2.52. The van der Waals surface area contributed by atoms with E-state index in [1.165, 1.54) is 35.5 Å². The summed E-state index contributed by atoms with van der Waals surface area (Å²) in [7, 11) is 0. The molecular weight excluding hydrogens is 210 g/mol. The second-order valence-electron chi connectivity index (χ2n) is 3.78. The van der Waals surface area contributed by atoms with E-state index in [-0.39, 0.29) is 0 Å². The molecule has 1 unspecified atom stereocenters. The van der Waals surface area contributed by atoms with Gasteiger partial charge in [-0.2, -0.15) is 0 Å². The zero-order chi connectivity index (χ0) is 10.5. The molecule has 0 aliphatic carbocycles. The normalized spacial score (nSPS) is 21.7. The van der Waals surface area contributed by atoms with E-state index in [1.54, 1.807) is 0 Å². The molecule has 5 heteroatoms. The van der Waals surface area contributed by atoms with Crippen LogP contribution in [0.2, 0.25) is 0 Å². The van der Waals surface area contributed by atoms with Crippen LogP contribution in [0.5, 0.6) is 0 Å². The van der Waals surface area contributed by atoms with Crippen LogP contribution in [0.3, 0.4) is 0 Å². The highest BCUT2D eigenvalue weighted by molar-refractivity contribution is 7.15. The number of aromatic nitrogens is 1. The average Bonchev–Trinajstić information content (AvgIpc) is 2.66. The lowest BCUT2D eigenvalue weighted by atomic mass is 10.1. The van der Waals surface area contributed by atoms with Crippen LogP contribution in [0.1, 0.15) is 24.1 Å². The largest absolute Gasteiger partial charge is 0.377 e. The summed E-state index contributed by atoms with van der Waals surface area (Å²) in [6.45, 7) is 2.69. The first-order chi connectivity index (χ1) is 7.34. The van der Waals surface area contributed by atoms with Crippen molar-refractivity contribution in [2.24, 2.45) is 0 Å². The molecule has 1 aromatic heterocycles.